The zero-order valence-corrected chi connectivity index (χ0v) is 18.1. The van der Waals surface area contributed by atoms with Crippen molar-refractivity contribution in [3.63, 3.8) is 0 Å². The fourth-order valence-electron chi connectivity index (χ4n) is 4.47. The quantitative estimate of drug-likeness (QED) is 0.532. The van der Waals surface area contributed by atoms with E-state index in [1.54, 1.807) is 7.05 Å². The Labute approximate surface area is 186 Å². The number of carbonyl (C=O) groups is 2. The van der Waals surface area contributed by atoms with E-state index in [0.29, 0.717) is 37.8 Å². The molecule has 2 saturated heterocycles. The Morgan fingerprint density at radius 2 is 1.64 bits per heavy atom. The van der Waals surface area contributed by atoms with E-state index in [1.807, 2.05) is 9.80 Å². The summed E-state index contributed by atoms with van der Waals surface area (Å²) in [4.78, 5) is 62.6. The number of nitrogens with zero attached hydrogens (tertiary/aromatic N) is 6. The van der Waals surface area contributed by atoms with Crippen molar-refractivity contribution in [3.05, 3.63) is 50.9 Å². The number of nitrogens with one attached hydrogen (secondary N) is 1. The maximum atomic E-state index is 13.2. The summed E-state index contributed by atoms with van der Waals surface area (Å²) in [6, 6.07) is 4.71. The maximum Gasteiger partial charge on any atom is 0.332 e. The number of hydrogen-bond donors (Lipinski definition) is 1. The number of imide groups is 1. The summed E-state index contributed by atoms with van der Waals surface area (Å²) >= 11 is 0. The molecule has 172 valence electrons. The lowest BCUT2D eigenvalue weighted by Gasteiger charge is -2.36. The number of H-pyrrole nitrogens is 1. The van der Waals surface area contributed by atoms with Crippen molar-refractivity contribution in [1.29, 1.82) is 0 Å². The van der Waals surface area contributed by atoms with Gasteiger partial charge in [0.05, 0.1) is 18.2 Å². The van der Waals surface area contributed by atoms with Crippen molar-refractivity contribution >= 4 is 34.6 Å². The molecule has 3 aromatic rings. The number of carbonyl (C=O) groups excluding carboxylic acids is 2. The summed E-state index contributed by atoms with van der Waals surface area (Å²) in [7, 11) is 2.97. The number of aromatic amines is 1. The van der Waals surface area contributed by atoms with Gasteiger partial charge in [0.25, 0.3) is 11.5 Å². The molecule has 0 radical (unpaired) electrons. The highest BCUT2D eigenvalue weighted by atomic mass is 19.1. The highest BCUT2D eigenvalue weighted by molar-refractivity contribution is 6.22. The summed E-state index contributed by atoms with van der Waals surface area (Å²) in [5.74, 6) is -0.589. The predicted octanol–water partition coefficient (Wildman–Crippen LogP) is -0.446. The van der Waals surface area contributed by atoms with Gasteiger partial charge in [0, 0.05) is 40.3 Å². The van der Waals surface area contributed by atoms with Gasteiger partial charge in [-0.15, -0.1) is 0 Å². The van der Waals surface area contributed by atoms with Crippen LogP contribution in [0.4, 0.5) is 16.0 Å². The third-order valence-electron chi connectivity index (χ3n) is 6.34. The number of imidazole rings is 1. The van der Waals surface area contributed by atoms with E-state index in [-0.39, 0.29) is 29.4 Å². The molecule has 0 aliphatic carbocycles. The second kappa shape index (κ2) is 7.66. The van der Waals surface area contributed by atoms with E-state index in [2.05, 4.69) is 9.97 Å². The van der Waals surface area contributed by atoms with Crippen LogP contribution in [0.5, 0.6) is 0 Å². The van der Waals surface area contributed by atoms with Gasteiger partial charge in [-0.3, -0.25) is 28.4 Å². The standard InChI is InChI=1S/C21H22FN7O4/c1-25-17-16(19(32)26(2)21(25)33)23-20(24-17)28-9-7-27(8-10-28)14-11-15(30)29(18(14)31)13-5-3-12(22)4-6-13/h3-6,14H,7-11H2,1-2H3,(H,23,24). The molecule has 2 fully saturated rings. The third-order valence-corrected chi connectivity index (χ3v) is 6.34. The number of aryl methyl sites for hydroxylation is 1. The van der Waals surface area contributed by atoms with Crippen LogP contribution in [0.15, 0.2) is 33.9 Å². The smallest absolute Gasteiger partial charge is 0.332 e. The predicted molar refractivity (Wildman–Crippen MR) is 118 cm³/mol. The van der Waals surface area contributed by atoms with Crippen molar-refractivity contribution in [3.8, 4) is 0 Å². The van der Waals surface area contributed by atoms with E-state index in [1.165, 1.54) is 35.9 Å². The highest BCUT2D eigenvalue weighted by Crippen LogP contribution is 2.27. The van der Waals surface area contributed by atoms with E-state index in [9.17, 15) is 23.6 Å². The van der Waals surface area contributed by atoms with Crippen LogP contribution in [0.3, 0.4) is 0 Å². The number of hydrogen-bond acceptors (Lipinski definition) is 7. The van der Waals surface area contributed by atoms with Crippen molar-refractivity contribution in [2.24, 2.45) is 14.1 Å². The molecule has 1 N–H and O–H groups in total. The lowest BCUT2D eigenvalue weighted by atomic mass is 10.2. The summed E-state index contributed by atoms with van der Waals surface area (Å²) in [5.41, 5.74) is 0.00417. The van der Waals surface area contributed by atoms with Gasteiger partial charge in [0.1, 0.15) is 5.82 Å². The molecule has 33 heavy (non-hydrogen) atoms. The van der Waals surface area contributed by atoms with Crippen LogP contribution in [0.25, 0.3) is 11.2 Å². The molecule has 12 heteroatoms. The summed E-state index contributed by atoms with van der Waals surface area (Å²) in [6.07, 6.45) is 0.0685. The largest absolute Gasteiger partial charge is 0.340 e. The fourth-order valence-corrected chi connectivity index (χ4v) is 4.47. The van der Waals surface area contributed by atoms with Gasteiger partial charge in [-0.2, -0.15) is 4.98 Å². The minimum atomic E-state index is -0.575. The number of fused-ring (bicyclic) bond motifs is 1. The van der Waals surface area contributed by atoms with Gasteiger partial charge in [-0.25, -0.2) is 14.1 Å². The minimum absolute atomic E-state index is 0.0685. The van der Waals surface area contributed by atoms with Crippen LogP contribution in [0.1, 0.15) is 6.42 Å². The maximum absolute atomic E-state index is 13.2. The van der Waals surface area contributed by atoms with Crippen LogP contribution in [0, 0.1) is 5.82 Å². The molecule has 1 atom stereocenters. The molecule has 0 spiro atoms. The number of benzene rings is 1. The van der Waals surface area contributed by atoms with E-state index < -0.39 is 23.1 Å². The lowest BCUT2D eigenvalue weighted by molar-refractivity contribution is -0.123. The fraction of sp³-hybridized carbons (Fsp3) is 0.381. The number of anilines is 2. The molecular formula is C21H22FN7O4. The Balaban J connectivity index is 1.32. The monoisotopic (exact) mass is 455 g/mol. The first-order valence-electron chi connectivity index (χ1n) is 10.5. The molecule has 0 saturated carbocycles. The second-order valence-corrected chi connectivity index (χ2v) is 8.25. The van der Waals surface area contributed by atoms with Crippen molar-refractivity contribution < 1.29 is 14.0 Å². The number of amides is 2. The SMILES string of the molecule is Cn1c(=O)c2[nH]c(N3CCN(C4CC(=O)N(c5ccc(F)cc5)C4=O)CC3)nc2n(C)c1=O. The first kappa shape index (κ1) is 21.1. The molecule has 0 bridgehead atoms. The zero-order chi connectivity index (χ0) is 23.4. The lowest BCUT2D eigenvalue weighted by Crippen LogP contribution is -2.52. The Morgan fingerprint density at radius 3 is 2.30 bits per heavy atom. The van der Waals surface area contributed by atoms with Crippen molar-refractivity contribution in [2.75, 3.05) is 36.0 Å². The molecule has 2 aromatic heterocycles. The first-order chi connectivity index (χ1) is 15.8. The molecular weight excluding hydrogens is 433 g/mol. The van der Waals surface area contributed by atoms with Gasteiger partial charge in [0.15, 0.2) is 11.2 Å². The van der Waals surface area contributed by atoms with Gasteiger partial charge in [-0.1, -0.05) is 0 Å². The Hall–Kier alpha value is -3.80. The number of piperazine rings is 1. The number of rotatable bonds is 3. The van der Waals surface area contributed by atoms with Crippen LogP contribution >= 0.6 is 0 Å². The third kappa shape index (κ3) is 3.33. The van der Waals surface area contributed by atoms with Crippen LogP contribution in [-0.4, -0.2) is 68.0 Å². The first-order valence-corrected chi connectivity index (χ1v) is 10.5. The van der Waals surface area contributed by atoms with Crippen LogP contribution < -0.4 is 21.0 Å². The zero-order valence-electron chi connectivity index (χ0n) is 18.1. The molecule has 2 amide bonds. The molecule has 2 aliphatic rings. The number of halogens is 1. The highest BCUT2D eigenvalue weighted by Gasteiger charge is 2.43. The van der Waals surface area contributed by atoms with Gasteiger partial charge in [-0.05, 0) is 24.3 Å². The molecule has 2 aliphatic heterocycles. The average molecular weight is 455 g/mol. The Bertz CT molecular complexity index is 1380. The second-order valence-electron chi connectivity index (χ2n) is 8.25. The molecule has 5 rings (SSSR count). The Kier molecular flexibility index (Phi) is 4.89. The average Bonchev–Trinajstić information content (AvgIpc) is 3.39. The Morgan fingerprint density at radius 1 is 0.970 bits per heavy atom. The summed E-state index contributed by atoms with van der Waals surface area (Å²) in [6.45, 7) is 2.05. The van der Waals surface area contributed by atoms with Gasteiger partial charge in [0.2, 0.25) is 11.9 Å². The minimum Gasteiger partial charge on any atom is -0.340 e. The number of aromatic nitrogens is 4. The van der Waals surface area contributed by atoms with Gasteiger partial charge < -0.3 is 9.88 Å². The summed E-state index contributed by atoms with van der Waals surface area (Å²) < 4.78 is 15.6. The van der Waals surface area contributed by atoms with Crippen LogP contribution in [0.2, 0.25) is 0 Å². The van der Waals surface area contributed by atoms with E-state index in [0.717, 1.165) is 9.47 Å². The molecule has 1 aromatic carbocycles. The summed E-state index contributed by atoms with van der Waals surface area (Å²) in [5, 5.41) is 0. The van der Waals surface area contributed by atoms with Gasteiger partial charge >= 0.3 is 5.69 Å². The molecule has 11 nitrogen and oxygen atoms in total. The van der Waals surface area contributed by atoms with E-state index >= 15 is 0 Å². The molecule has 4 heterocycles. The topological polar surface area (TPSA) is 117 Å². The van der Waals surface area contributed by atoms with E-state index in [4.69, 9.17) is 0 Å². The van der Waals surface area contributed by atoms with Crippen LogP contribution in [-0.2, 0) is 23.7 Å². The van der Waals surface area contributed by atoms with Crippen molar-refractivity contribution in [2.45, 2.75) is 12.5 Å². The van der Waals surface area contributed by atoms with Crippen molar-refractivity contribution in [1.82, 2.24) is 24.0 Å². The normalized spacial score (nSPS) is 19.8. The molecule has 1 unspecified atom stereocenters.